The highest BCUT2D eigenvalue weighted by Gasteiger charge is 2.12. The van der Waals surface area contributed by atoms with Crippen LogP contribution in [0, 0.1) is 6.92 Å². The molecule has 0 aliphatic rings. The van der Waals surface area contributed by atoms with E-state index >= 15 is 0 Å². The van der Waals surface area contributed by atoms with Gasteiger partial charge in [-0.2, -0.15) is 0 Å². The zero-order valence-corrected chi connectivity index (χ0v) is 9.77. The highest BCUT2D eigenvalue weighted by atomic mass is 16.5. The molecule has 0 unspecified atom stereocenters. The van der Waals surface area contributed by atoms with E-state index in [0.29, 0.717) is 5.56 Å². The van der Waals surface area contributed by atoms with Crippen molar-refractivity contribution in [3.63, 3.8) is 0 Å². The number of rotatable bonds is 5. The van der Waals surface area contributed by atoms with Crippen molar-refractivity contribution in [3.8, 4) is 0 Å². The molecular formula is C12H15NO4. The minimum absolute atomic E-state index is 0.193. The smallest absolute Gasteiger partial charge is 0.332 e. The molecule has 92 valence electrons. The summed E-state index contributed by atoms with van der Waals surface area (Å²) in [5.41, 5.74) is 7.26. The number of carbonyl (C=O) groups excluding carboxylic acids is 1. The van der Waals surface area contributed by atoms with Crippen molar-refractivity contribution < 1.29 is 19.4 Å². The van der Waals surface area contributed by atoms with E-state index in [9.17, 15) is 9.59 Å². The van der Waals surface area contributed by atoms with Crippen LogP contribution in [0.3, 0.4) is 0 Å². The summed E-state index contributed by atoms with van der Waals surface area (Å²) in [7, 11) is 0. The number of carbonyl (C=O) groups is 2. The van der Waals surface area contributed by atoms with Gasteiger partial charge in [-0.3, -0.25) is 4.79 Å². The molecular weight excluding hydrogens is 222 g/mol. The second-order valence-corrected chi connectivity index (χ2v) is 3.80. The molecule has 0 aliphatic carbocycles. The van der Waals surface area contributed by atoms with Gasteiger partial charge in [-0.05, 0) is 37.1 Å². The van der Waals surface area contributed by atoms with Gasteiger partial charge in [-0.15, -0.1) is 0 Å². The van der Waals surface area contributed by atoms with Crippen LogP contribution in [-0.2, 0) is 16.1 Å². The second-order valence-electron chi connectivity index (χ2n) is 3.80. The third-order valence-electron chi connectivity index (χ3n) is 2.46. The Kier molecular flexibility index (Phi) is 4.23. The summed E-state index contributed by atoms with van der Waals surface area (Å²) in [6.45, 7) is 3.48. The molecule has 5 heteroatoms. The SMILES string of the molecule is Cc1cc(C(N)=O)ccc1CO[C@H](C)C(=O)O. The molecule has 1 aromatic carbocycles. The molecule has 0 bridgehead atoms. The largest absolute Gasteiger partial charge is 0.479 e. The predicted molar refractivity (Wildman–Crippen MR) is 61.6 cm³/mol. The maximum atomic E-state index is 10.9. The standard InChI is InChI=1S/C12H15NO4/c1-7-5-9(11(13)14)3-4-10(7)6-17-8(2)12(15)16/h3-5,8H,6H2,1-2H3,(H2,13,14)(H,15,16)/t8-/m1/s1. The lowest BCUT2D eigenvalue weighted by atomic mass is 10.1. The Balaban J connectivity index is 2.73. The molecule has 0 aliphatic heterocycles. The topological polar surface area (TPSA) is 89.6 Å². The molecule has 1 aromatic rings. The maximum Gasteiger partial charge on any atom is 0.332 e. The number of primary amides is 1. The first-order chi connectivity index (χ1) is 7.91. The number of aryl methyl sites for hydroxylation is 1. The van der Waals surface area contributed by atoms with Crippen molar-refractivity contribution in [2.75, 3.05) is 0 Å². The highest BCUT2D eigenvalue weighted by Crippen LogP contribution is 2.13. The van der Waals surface area contributed by atoms with Crippen molar-refractivity contribution >= 4 is 11.9 Å². The lowest BCUT2D eigenvalue weighted by molar-refractivity contribution is -0.149. The fourth-order valence-corrected chi connectivity index (χ4v) is 1.30. The van der Waals surface area contributed by atoms with E-state index in [1.165, 1.54) is 6.92 Å². The van der Waals surface area contributed by atoms with E-state index in [1.54, 1.807) is 18.2 Å². The number of hydrogen-bond acceptors (Lipinski definition) is 3. The van der Waals surface area contributed by atoms with Gasteiger partial charge in [0, 0.05) is 5.56 Å². The van der Waals surface area contributed by atoms with Crippen LogP contribution >= 0.6 is 0 Å². The first-order valence-electron chi connectivity index (χ1n) is 5.15. The molecule has 5 nitrogen and oxygen atoms in total. The highest BCUT2D eigenvalue weighted by molar-refractivity contribution is 5.93. The van der Waals surface area contributed by atoms with Crippen LogP contribution in [0.25, 0.3) is 0 Å². The predicted octanol–water partition coefficient (Wildman–Crippen LogP) is 1.08. The van der Waals surface area contributed by atoms with Crippen LogP contribution in [-0.4, -0.2) is 23.1 Å². The Labute approximate surface area is 99.2 Å². The van der Waals surface area contributed by atoms with Crippen LogP contribution in [0.2, 0.25) is 0 Å². The summed E-state index contributed by atoms with van der Waals surface area (Å²) < 4.78 is 5.15. The maximum absolute atomic E-state index is 10.9. The molecule has 0 heterocycles. The van der Waals surface area contributed by atoms with E-state index in [4.69, 9.17) is 15.6 Å². The normalized spacial score (nSPS) is 12.1. The molecule has 0 spiro atoms. The number of amides is 1. The molecule has 1 atom stereocenters. The quantitative estimate of drug-likeness (QED) is 0.801. The zero-order chi connectivity index (χ0) is 13.0. The van der Waals surface area contributed by atoms with E-state index in [2.05, 4.69) is 0 Å². The first-order valence-corrected chi connectivity index (χ1v) is 5.15. The Hall–Kier alpha value is -1.88. The lowest BCUT2D eigenvalue weighted by Gasteiger charge is -2.11. The fourth-order valence-electron chi connectivity index (χ4n) is 1.30. The number of aliphatic carboxylic acids is 1. The van der Waals surface area contributed by atoms with Crippen LogP contribution < -0.4 is 5.73 Å². The van der Waals surface area contributed by atoms with E-state index < -0.39 is 18.0 Å². The molecule has 3 N–H and O–H groups in total. The minimum Gasteiger partial charge on any atom is -0.479 e. The van der Waals surface area contributed by atoms with Gasteiger partial charge in [0.25, 0.3) is 0 Å². The summed E-state index contributed by atoms with van der Waals surface area (Å²) >= 11 is 0. The molecule has 0 aromatic heterocycles. The van der Waals surface area contributed by atoms with Crippen molar-refractivity contribution in [2.45, 2.75) is 26.6 Å². The van der Waals surface area contributed by atoms with Gasteiger partial charge in [-0.1, -0.05) is 6.07 Å². The molecule has 0 saturated carbocycles. The summed E-state index contributed by atoms with van der Waals surface area (Å²) in [5, 5.41) is 8.66. The Bertz CT molecular complexity index is 442. The van der Waals surface area contributed by atoms with Crippen LogP contribution in [0.15, 0.2) is 18.2 Å². The number of carboxylic acid groups (broad SMARTS) is 1. The molecule has 0 fully saturated rings. The Morgan fingerprint density at radius 1 is 1.47 bits per heavy atom. The van der Waals surface area contributed by atoms with Crippen LogP contribution in [0.4, 0.5) is 0 Å². The van der Waals surface area contributed by atoms with Gasteiger partial charge < -0.3 is 15.6 Å². The zero-order valence-electron chi connectivity index (χ0n) is 9.77. The summed E-state index contributed by atoms with van der Waals surface area (Å²) in [6, 6.07) is 4.97. The molecule has 0 saturated heterocycles. The van der Waals surface area contributed by atoms with E-state index in [0.717, 1.165) is 11.1 Å². The van der Waals surface area contributed by atoms with E-state index in [1.807, 2.05) is 6.92 Å². The average Bonchev–Trinajstić information content (AvgIpc) is 2.26. The summed E-state index contributed by atoms with van der Waals surface area (Å²) in [4.78, 5) is 21.5. The third kappa shape index (κ3) is 3.57. The van der Waals surface area contributed by atoms with Crippen molar-refractivity contribution in [2.24, 2.45) is 5.73 Å². The molecule has 0 radical (unpaired) electrons. The average molecular weight is 237 g/mol. The van der Waals surface area contributed by atoms with Crippen LogP contribution in [0.5, 0.6) is 0 Å². The molecule has 1 rings (SSSR count). The van der Waals surface area contributed by atoms with Gasteiger partial charge in [0.15, 0.2) is 6.10 Å². The van der Waals surface area contributed by atoms with Crippen molar-refractivity contribution in [1.29, 1.82) is 0 Å². The number of nitrogens with two attached hydrogens (primary N) is 1. The van der Waals surface area contributed by atoms with Crippen LogP contribution in [0.1, 0.15) is 28.4 Å². The number of carboxylic acids is 1. The number of hydrogen-bond donors (Lipinski definition) is 2. The molecule has 1 amide bonds. The van der Waals surface area contributed by atoms with Gasteiger partial charge >= 0.3 is 5.97 Å². The van der Waals surface area contributed by atoms with Gasteiger partial charge in [-0.25, -0.2) is 4.79 Å². The fraction of sp³-hybridized carbons (Fsp3) is 0.333. The van der Waals surface area contributed by atoms with Gasteiger partial charge in [0.1, 0.15) is 0 Å². The van der Waals surface area contributed by atoms with Crippen molar-refractivity contribution in [1.82, 2.24) is 0 Å². The first kappa shape index (κ1) is 13.2. The number of benzene rings is 1. The van der Waals surface area contributed by atoms with E-state index in [-0.39, 0.29) is 6.61 Å². The Morgan fingerprint density at radius 2 is 2.12 bits per heavy atom. The monoisotopic (exact) mass is 237 g/mol. The summed E-state index contributed by atoms with van der Waals surface area (Å²) in [5.74, 6) is -1.49. The number of ether oxygens (including phenoxy) is 1. The lowest BCUT2D eigenvalue weighted by Crippen LogP contribution is -2.19. The minimum atomic E-state index is -1.00. The summed E-state index contributed by atoms with van der Waals surface area (Å²) in [6.07, 6.45) is -0.856. The third-order valence-corrected chi connectivity index (χ3v) is 2.46. The van der Waals surface area contributed by atoms with Gasteiger partial charge in [0.05, 0.1) is 6.61 Å². The van der Waals surface area contributed by atoms with Crippen molar-refractivity contribution in [3.05, 3.63) is 34.9 Å². The second kappa shape index (κ2) is 5.45. The molecule has 17 heavy (non-hydrogen) atoms. The Morgan fingerprint density at radius 3 is 2.59 bits per heavy atom. The van der Waals surface area contributed by atoms with Gasteiger partial charge in [0.2, 0.25) is 5.91 Å².